The van der Waals surface area contributed by atoms with Crippen LogP contribution in [0.25, 0.3) is 5.76 Å². The van der Waals surface area contributed by atoms with Crippen LogP contribution in [0.4, 0.5) is 0 Å². The normalized spacial score (nSPS) is 20.4. The van der Waals surface area contributed by atoms with Gasteiger partial charge in [0, 0.05) is 32.3 Å². The number of Topliss-reactive ketones (excluding diaryl/α,β-unsaturated/α-hetero) is 1. The minimum atomic E-state index is -3.67. The number of ether oxygens (including phenoxy) is 2. The highest BCUT2D eigenvalue weighted by Gasteiger charge is 2.46. The van der Waals surface area contributed by atoms with E-state index in [1.807, 2.05) is 0 Å². The van der Waals surface area contributed by atoms with Crippen LogP contribution in [-0.4, -0.2) is 80.0 Å². The summed E-state index contributed by atoms with van der Waals surface area (Å²) < 4.78 is 37.7. The van der Waals surface area contributed by atoms with Gasteiger partial charge in [-0.3, -0.25) is 9.59 Å². The lowest BCUT2D eigenvalue weighted by Crippen LogP contribution is -2.35. The number of aliphatic hydroxyl groups excluding tert-OH is 1. The number of benzene rings is 2. The van der Waals surface area contributed by atoms with Crippen molar-refractivity contribution in [3.8, 4) is 11.5 Å². The van der Waals surface area contributed by atoms with Crippen LogP contribution in [0.3, 0.4) is 0 Å². The molecule has 1 atom stereocenters. The van der Waals surface area contributed by atoms with Crippen LogP contribution in [0.15, 0.2) is 52.9 Å². The molecule has 4 rings (SSSR count). The summed E-state index contributed by atoms with van der Waals surface area (Å²) in [5, 5.41) is 21.2. The Kier molecular flexibility index (Phi) is 7.86. The highest BCUT2D eigenvalue weighted by Crippen LogP contribution is 2.41. The molecule has 2 aromatic carbocycles. The fraction of sp³-hybridized carbons (Fsp3) is 0.385. The monoisotopic (exact) mass is 530 g/mol. The Labute approximate surface area is 215 Å². The minimum Gasteiger partial charge on any atom is -0.507 e. The van der Waals surface area contributed by atoms with Crippen molar-refractivity contribution in [2.24, 2.45) is 0 Å². The van der Waals surface area contributed by atoms with E-state index in [-0.39, 0.29) is 40.7 Å². The van der Waals surface area contributed by atoms with E-state index in [0.717, 1.165) is 19.3 Å². The number of nitrogens with zero attached hydrogens (tertiary/aromatic N) is 2. The summed E-state index contributed by atoms with van der Waals surface area (Å²) in [6, 6.07) is 9.05. The van der Waals surface area contributed by atoms with Crippen molar-refractivity contribution in [2.45, 2.75) is 30.2 Å². The van der Waals surface area contributed by atoms with Gasteiger partial charge in [-0.25, -0.2) is 8.42 Å². The molecule has 0 radical (unpaired) electrons. The molecule has 2 fully saturated rings. The van der Waals surface area contributed by atoms with Gasteiger partial charge in [0.05, 0.1) is 30.2 Å². The number of aliphatic hydroxyl groups is 1. The predicted octanol–water partition coefficient (Wildman–Crippen LogP) is 2.64. The Balaban J connectivity index is 1.76. The van der Waals surface area contributed by atoms with E-state index >= 15 is 0 Å². The number of likely N-dealkylation sites (tertiary alicyclic amines) is 1. The summed E-state index contributed by atoms with van der Waals surface area (Å²) in [6.45, 7) is 1.16. The van der Waals surface area contributed by atoms with Crippen molar-refractivity contribution in [1.82, 2.24) is 9.21 Å². The highest BCUT2D eigenvalue weighted by atomic mass is 32.2. The second kappa shape index (κ2) is 10.9. The molecule has 11 heteroatoms. The van der Waals surface area contributed by atoms with Gasteiger partial charge >= 0.3 is 0 Å². The molecule has 2 saturated heterocycles. The third kappa shape index (κ3) is 5.07. The second-order valence-corrected chi connectivity index (χ2v) is 10.8. The van der Waals surface area contributed by atoms with Gasteiger partial charge < -0.3 is 24.6 Å². The summed E-state index contributed by atoms with van der Waals surface area (Å²) in [5.74, 6) is -2.10. The smallest absolute Gasteiger partial charge is 0.295 e. The van der Waals surface area contributed by atoms with Crippen LogP contribution in [0, 0.1) is 0 Å². The van der Waals surface area contributed by atoms with E-state index in [2.05, 4.69) is 0 Å². The van der Waals surface area contributed by atoms with Crippen molar-refractivity contribution in [2.75, 3.05) is 40.5 Å². The van der Waals surface area contributed by atoms with Crippen molar-refractivity contribution in [3.63, 3.8) is 0 Å². The van der Waals surface area contributed by atoms with Gasteiger partial charge in [0.2, 0.25) is 10.0 Å². The van der Waals surface area contributed by atoms with Crippen LogP contribution >= 0.6 is 0 Å². The van der Waals surface area contributed by atoms with E-state index in [9.17, 15) is 28.2 Å². The zero-order chi connectivity index (χ0) is 26.7. The highest BCUT2D eigenvalue weighted by molar-refractivity contribution is 7.89. The molecule has 0 saturated carbocycles. The summed E-state index contributed by atoms with van der Waals surface area (Å²) in [5.41, 5.74) is 0.481. The van der Waals surface area contributed by atoms with E-state index in [4.69, 9.17) is 9.47 Å². The topological polar surface area (TPSA) is 134 Å². The number of amides is 1. The number of carbonyl (C=O) groups excluding carboxylic acids is 2. The summed E-state index contributed by atoms with van der Waals surface area (Å²) in [6.07, 6.45) is 2.61. The minimum absolute atomic E-state index is 0.0821. The molecule has 2 aliphatic rings. The van der Waals surface area contributed by atoms with Crippen molar-refractivity contribution in [3.05, 3.63) is 59.2 Å². The molecule has 2 N–H and O–H groups in total. The molecule has 198 valence electrons. The van der Waals surface area contributed by atoms with Crippen molar-refractivity contribution in [1.29, 1.82) is 0 Å². The Hall–Kier alpha value is -3.41. The zero-order valence-corrected chi connectivity index (χ0v) is 21.5. The van der Waals surface area contributed by atoms with Gasteiger partial charge in [-0.05, 0) is 54.8 Å². The quantitative estimate of drug-likeness (QED) is 0.302. The number of hydrogen-bond acceptors (Lipinski definition) is 8. The van der Waals surface area contributed by atoms with E-state index in [1.165, 1.54) is 65.9 Å². The lowest BCUT2D eigenvalue weighted by atomic mass is 9.95. The molecule has 0 aliphatic carbocycles. The number of carbonyl (C=O) groups is 2. The number of sulfonamides is 1. The Morgan fingerprint density at radius 2 is 1.70 bits per heavy atom. The SMILES string of the molecule is COCCN1C(=O)C(=O)C(=C(O)c2ccc(S(=O)(=O)N3CCCCC3)cc2)[C@H]1c1ccc(O)c(OC)c1. The third-order valence-corrected chi connectivity index (χ3v) is 8.59. The third-order valence-electron chi connectivity index (χ3n) is 6.68. The number of piperidine rings is 1. The molecular formula is C26H30N2O8S. The van der Waals surface area contributed by atoms with E-state index < -0.39 is 33.5 Å². The summed E-state index contributed by atoms with van der Waals surface area (Å²) in [7, 11) is -0.831. The Morgan fingerprint density at radius 1 is 1.03 bits per heavy atom. The first kappa shape index (κ1) is 26.6. The van der Waals surface area contributed by atoms with Crippen LogP contribution in [0.5, 0.6) is 11.5 Å². The second-order valence-electron chi connectivity index (χ2n) is 8.91. The number of phenolic OH excluding ortho intramolecular Hbond substituents is 1. The summed E-state index contributed by atoms with van der Waals surface area (Å²) >= 11 is 0. The Morgan fingerprint density at radius 3 is 2.32 bits per heavy atom. The first-order valence-corrected chi connectivity index (χ1v) is 13.4. The molecule has 2 aromatic rings. The summed E-state index contributed by atoms with van der Waals surface area (Å²) in [4.78, 5) is 27.4. The molecular weight excluding hydrogens is 500 g/mol. The zero-order valence-electron chi connectivity index (χ0n) is 20.7. The van der Waals surface area contributed by atoms with Gasteiger partial charge in [0.25, 0.3) is 11.7 Å². The maximum absolute atomic E-state index is 13.1. The molecule has 0 spiro atoms. The maximum Gasteiger partial charge on any atom is 0.295 e. The molecule has 0 bridgehead atoms. The average Bonchev–Trinajstić information content (AvgIpc) is 3.17. The molecule has 37 heavy (non-hydrogen) atoms. The molecule has 2 heterocycles. The Bertz CT molecular complexity index is 1310. The average molecular weight is 531 g/mol. The fourth-order valence-electron chi connectivity index (χ4n) is 4.71. The molecule has 0 unspecified atom stereocenters. The molecule has 1 amide bonds. The molecule has 10 nitrogen and oxygen atoms in total. The lowest BCUT2D eigenvalue weighted by Gasteiger charge is -2.26. The van der Waals surface area contributed by atoms with Crippen LogP contribution < -0.4 is 4.74 Å². The fourth-order valence-corrected chi connectivity index (χ4v) is 6.22. The largest absolute Gasteiger partial charge is 0.507 e. The number of hydrogen-bond donors (Lipinski definition) is 2. The van der Waals surface area contributed by atoms with Gasteiger partial charge in [0.15, 0.2) is 11.5 Å². The van der Waals surface area contributed by atoms with Crippen molar-refractivity contribution < 1.29 is 37.7 Å². The lowest BCUT2D eigenvalue weighted by molar-refractivity contribution is -0.140. The predicted molar refractivity (Wildman–Crippen MR) is 135 cm³/mol. The number of methoxy groups -OCH3 is 2. The van der Waals surface area contributed by atoms with Crippen LogP contribution in [0.1, 0.15) is 36.4 Å². The number of aromatic hydroxyl groups is 1. The van der Waals surface area contributed by atoms with E-state index in [1.54, 1.807) is 0 Å². The number of ketones is 1. The first-order chi connectivity index (χ1) is 17.7. The number of phenols is 1. The van der Waals surface area contributed by atoms with Gasteiger partial charge in [0.1, 0.15) is 5.76 Å². The van der Waals surface area contributed by atoms with E-state index in [0.29, 0.717) is 18.7 Å². The van der Waals surface area contributed by atoms with Gasteiger partial charge in [-0.2, -0.15) is 4.31 Å². The maximum atomic E-state index is 13.1. The number of rotatable bonds is 8. The first-order valence-electron chi connectivity index (χ1n) is 12.0. The molecule has 2 aliphatic heterocycles. The standard InChI is InChI=1S/C26H30N2O8S/c1-35-15-14-28-23(18-8-11-20(29)21(16-18)36-2)22(25(31)26(28)32)24(30)17-6-9-19(10-7-17)37(33,34)27-12-4-3-5-13-27/h6-11,16,23,29-30H,3-5,12-15H2,1-2H3/t23-/m1/s1. The molecule has 0 aromatic heterocycles. The van der Waals surface area contributed by atoms with Gasteiger partial charge in [-0.1, -0.05) is 12.5 Å². The van der Waals surface area contributed by atoms with Crippen LogP contribution in [-0.2, 0) is 24.3 Å². The van der Waals surface area contributed by atoms with Crippen LogP contribution in [0.2, 0.25) is 0 Å². The van der Waals surface area contributed by atoms with Gasteiger partial charge in [-0.15, -0.1) is 0 Å². The van der Waals surface area contributed by atoms with Crippen molar-refractivity contribution >= 4 is 27.5 Å².